The van der Waals surface area contributed by atoms with E-state index in [1.807, 2.05) is 18.2 Å². The van der Waals surface area contributed by atoms with Crippen LogP contribution in [0.1, 0.15) is 27.7 Å². The van der Waals surface area contributed by atoms with Crippen molar-refractivity contribution >= 4 is 17.7 Å². The molecule has 0 aliphatic rings. The molecular weight excluding hydrogens is 342 g/mol. The summed E-state index contributed by atoms with van der Waals surface area (Å²) in [4.78, 5) is 26.1. The number of pyridine rings is 1. The van der Waals surface area contributed by atoms with Crippen LogP contribution < -0.4 is 11.1 Å². The Kier molecular flexibility index (Phi) is 6.48. The predicted molar refractivity (Wildman–Crippen MR) is 91.2 cm³/mol. The minimum absolute atomic E-state index is 0.0719. The summed E-state index contributed by atoms with van der Waals surface area (Å²) in [7, 11) is 0. The summed E-state index contributed by atoms with van der Waals surface area (Å²) in [6, 6.07) is 10.3. The number of amides is 1. The Hall–Kier alpha value is -3.17. The highest BCUT2D eigenvalue weighted by molar-refractivity contribution is 5.91. The second-order valence-corrected chi connectivity index (χ2v) is 5.47. The first kappa shape index (κ1) is 19.2. The van der Waals surface area contributed by atoms with Gasteiger partial charge in [-0.2, -0.15) is 0 Å². The highest BCUT2D eigenvalue weighted by atomic mass is 16.5. The first-order valence-electron chi connectivity index (χ1n) is 7.68. The molecule has 0 aliphatic carbocycles. The fourth-order valence-corrected chi connectivity index (χ4v) is 2.14. The number of hydrogen-bond donors (Lipinski definition) is 5. The number of nitrogen functional groups attached to an aromatic ring is 1. The average Bonchev–Trinajstić information content (AvgIpc) is 2.64. The fraction of sp³-hybridized carbons (Fsp3) is 0.235. The smallest absolute Gasteiger partial charge is 0.407 e. The molecule has 9 nitrogen and oxygen atoms in total. The number of hydrogen-bond acceptors (Lipinski definition) is 7. The van der Waals surface area contributed by atoms with Gasteiger partial charge in [0.15, 0.2) is 5.69 Å². The molecule has 2 unspecified atom stereocenters. The summed E-state index contributed by atoms with van der Waals surface area (Å²) >= 11 is 0. The number of alkyl carbamates (subject to hydrolysis) is 1. The van der Waals surface area contributed by atoms with Crippen LogP contribution in [0.4, 0.5) is 10.5 Å². The van der Waals surface area contributed by atoms with Crippen LogP contribution in [-0.2, 0) is 11.3 Å². The molecule has 0 radical (unpaired) electrons. The van der Waals surface area contributed by atoms with E-state index < -0.39 is 24.3 Å². The Morgan fingerprint density at radius 1 is 1.23 bits per heavy atom. The van der Waals surface area contributed by atoms with Crippen LogP contribution in [-0.4, -0.2) is 45.0 Å². The molecule has 6 N–H and O–H groups in total. The minimum Gasteiger partial charge on any atom is -0.476 e. The molecule has 138 valence electrons. The third kappa shape index (κ3) is 5.16. The molecule has 1 aromatic heterocycles. The van der Waals surface area contributed by atoms with Gasteiger partial charge >= 0.3 is 12.1 Å². The molecule has 0 saturated heterocycles. The molecule has 0 bridgehead atoms. The quantitative estimate of drug-likeness (QED) is 0.482. The first-order chi connectivity index (χ1) is 12.4. The lowest BCUT2D eigenvalue weighted by molar-refractivity contribution is 0.0182. The second kappa shape index (κ2) is 8.79. The number of aliphatic hydroxyl groups is 2. The van der Waals surface area contributed by atoms with E-state index in [1.54, 1.807) is 12.1 Å². The number of aliphatic hydroxyl groups excluding tert-OH is 2. The molecule has 1 aromatic carbocycles. The number of nitrogens with one attached hydrogen (secondary N) is 1. The van der Waals surface area contributed by atoms with E-state index in [4.69, 9.17) is 15.6 Å². The molecule has 1 heterocycles. The number of nitrogens with zero attached hydrogens (tertiary/aromatic N) is 1. The summed E-state index contributed by atoms with van der Waals surface area (Å²) in [6.45, 7) is -0.211. The standard InChI is InChI=1S/C17H19N3O6/c18-12-6-11(7-19-14(12)16(23)24)15(22)13(21)8-20-17(25)26-9-10-4-2-1-3-5-10/h1-7,13,15,21-22H,8-9,18H2,(H,20,25)(H,23,24). The maximum absolute atomic E-state index is 11.6. The number of carboxylic acid groups (broad SMARTS) is 1. The van der Waals surface area contributed by atoms with E-state index in [1.165, 1.54) is 6.07 Å². The number of ether oxygens (including phenoxy) is 1. The summed E-state index contributed by atoms with van der Waals surface area (Å²) in [5, 5.41) is 31.2. The molecule has 0 saturated carbocycles. The lowest BCUT2D eigenvalue weighted by Crippen LogP contribution is -2.35. The minimum atomic E-state index is -1.41. The molecular formula is C17H19N3O6. The van der Waals surface area contributed by atoms with Crippen LogP contribution in [0.25, 0.3) is 0 Å². The molecule has 1 amide bonds. The Balaban J connectivity index is 1.84. The summed E-state index contributed by atoms with van der Waals surface area (Å²) in [5.41, 5.74) is 5.99. The van der Waals surface area contributed by atoms with E-state index in [0.29, 0.717) is 0 Å². The van der Waals surface area contributed by atoms with Gasteiger partial charge in [0.1, 0.15) is 18.8 Å². The maximum Gasteiger partial charge on any atom is 0.407 e. The van der Waals surface area contributed by atoms with E-state index in [9.17, 15) is 19.8 Å². The van der Waals surface area contributed by atoms with Crippen LogP contribution in [0, 0.1) is 0 Å². The lowest BCUT2D eigenvalue weighted by atomic mass is 10.1. The van der Waals surface area contributed by atoms with Crippen molar-refractivity contribution in [2.24, 2.45) is 0 Å². The van der Waals surface area contributed by atoms with Crippen molar-refractivity contribution in [2.75, 3.05) is 12.3 Å². The van der Waals surface area contributed by atoms with Crippen LogP contribution in [0.3, 0.4) is 0 Å². The molecule has 0 aliphatic heterocycles. The van der Waals surface area contributed by atoms with Gasteiger partial charge in [-0.15, -0.1) is 0 Å². The summed E-state index contributed by atoms with van der Waals surface area (Å²) < 4.78 is 4.98. The summed E-state index contributed by atoms with van der Waals surface area (Å²) in [6.07, 6.45) is -2.43. The van der Waals surface area contributed by atoms with Gasteiger partial charge in [0.05, 0.1) is 5.69 Å². The van der Waals surface area contributed by atoms with E-state index in [2.05, 4.69) is 10.3 Å². The molecule has 26 heavy (non-hydrogen) atoms. The van der Waals surface area contributed by atoms with Gasteiger partial charge in [0, 0.05) is 18.3 Å². The van der Waals surface area contributed by atoms with Crippen LogP contribution in [0.5, 0.6) is 0 Å². The van der Waals surface area contributed by atoms with E-state index in [-0.39, 0.29) is 30.1 Å². The highest BCUT2D eigenvalue weighted by Gasteiger charge is 2.21. The number of carbonyl (C=O) groups excluding carboxylic acids is 1. The number of anilines is 1. The van der Waals surface area contributed by atoms with Crippen molar-refractivity contribution in [3.8, 4) is 0 Å². The van der Waals surface area contributed by atoms with Crippen LogP contribution >= 0.6 is 0 Å². The van der Waals surface area contributed by atoms with Gasteiger partial charge in [-0.05, 0) is 11.6 Å². The highest BCUT2D eigenvalue weighted by Crippen LogP contribution is 2.20. The predicted octanol–water partition coefficient (Wildman–Crippen LogP) is 0.683. The van der Waals surface area contributed by atoms with Crippen LogP contribution in [0.2, 0.25) is 0 Å². The Labute approximate surface area is 149 Å². The van der Waals surface area contributed by atoms with Gasteiger partial charge in [0.2, 0.25) is 0 Å². The SMILES string of the molecule is Nc1cc(C(O)C(O)CNC(=O)OCc2ccccc2)cnc1C(=O)O. The molecule has 0 spiro atoms. The van der Waals surface area contributed by atoms with Gasteiger partial charge < -0.3 is 31.1 Å². The Morgan fingerprint density at radius 2 is 1.92 bits per heavy atom. The van der Waals surface area contributed by atoms with Crippen LogP contribution in [0.15, 0.2) is 42.6 Å². The van der Waals surface area contributed by atoms with Gasteiger partial charge in [-0.3, -0.25) is 0 Å². The molecule has 2 atom stereocenters. The topological polar surface area (TPSA) is 155 Å². The molecule has 0 fully saturated rings. The van der Waals surface area contributed by atoms with E-state index >= 15 is 0 Å². The van der Waals surface area contributed by atoms with E-state index in [0.717, 1.165) is 11.8 Å². The average molecular weight is 361 g/mol. The third-order valence-electron chi connectivity index (χ3n) is 3.52. The molecule has 9 heteroatoms. The monoisotopic (exact) mass is 361 g/mol. The second-order valence-electron chi connectivity index (χ2n) is 5.47. The van der Waals surface area contributed by atoms with Gasteiger partial charge in [0.25, 0.3) is 0 Å². The zero-order valence-electron chi connectivity index (χ0n) is 13.7. The van der Waals surface area contributed by atoms with Crippen molar-refractivity contribution in [3.63, 3.8) is 0 Å². The largest absolute Gasteiger partial charge is 0.476 e. The maximum atomic E-state index is 11.6. The number of carboxylic acids is 1. The number of carbonyl (C=O) groups is 2. The zero-order valence-corrected chi connectivity index (χ0v) is 13.7. The Morgan fingerprint density at radius 3 is 2.54 bits per heavy atom. The van der Waals surface area contributed by atoms with Gasteiger partial charge in [-0.1, -0.05) is 30.3 Å². The zero-order chi connectivity index (χ0) is 19.1. The normalized spacial score (nSPS) is 12.8. The fourth-order valence-electron chi connectivity index (χ4n) is 2.14. The Bertz CT molecular complexity index is 768. The number of rotatable bonds is 7. The first-order valence-corrected chi connectivity index (χ1v) is 7.68. The van der Waals surface area contributed by atoms with Crippen molar-refractivity contribution in [2.45, 2.75) is 18.8 Å². The number of benzene rings is 1. The van der Waals surface area contributed by atoms with Gasteiger partial charge in [-0.25, -0.2) is 14.6 Å². The number of nitrogens with two attached hydrogens (primary N) is 1. The number of aromatic nitrogens is 1. The van der Waals surface area contributed by atoms with Crippen molar-refractivity contribution < 1.29 is 29.6 Å². The lowest BCUT2D eigenvalue weighted by Gasteiger charge is -2.19. The molecule has 2 aromatic rings. The third-order valence-corrected chi connectivity index (χ3v) is 3.52. The molecule has 2 rings (SSSR count). The number of aromatic carboxylic acids is 1. The van der Waals surface area contributed by atoms with Crippen molar-refractivity contribution in [1.82, 2.24) is 10.3 Å². The summed E-state index contributed by atoms with van der Waals surface area (Å²) in [5.74, 6) is -1.30. The van der Waals surface area contributed by atoms with Crippen molar-refractivity contribution in [3.05, 3.63) is 59.4 Å². The van der Waals surface area contributed by atoms with Crippen molar-refractivity contribution in [1.29, 1.82) is 0 Å².